The van der Waals surface area contributed by atoms with Crippen molar-refractivity contribution in [2.45, 2.75) is 26.2 Å². The van der Waals surface area contributed by atoms with E-state index in [9.17, 15) is 9.59 Å². The minimum Gasteiger partial charge on any atom is -0.318 e. The molecule has 0 fully saturated rings. The first kappa shape index (κ1) is 16.7. The smallest absolute Gasteiger partial charge is 0.314 e. The van der Waals surface area contributed by atoms with Crippen LogP contribution in [0.5, 0.6) is 0 Å². The number of amides is 2. The predicted octanol–water partition coefficient (Wildman–Crippen LogP) is 3.44. The molecule has 1 aromatic heterocycles. The molecule has 2 aromatic carbocycles. The van der Waals surface area contributed by atoms with Crippen molar-refractivity contribution in [3.8, 4) is 0 Å². The molecule has 128 valence electrons. The molecule has 1 heterocycles. The fourth-order valence-electron chi connectivity index (χ4n) is 2.44. The third-order valence-corrected chi connectivity index (χ3v) is 3.91. The predicted molar refractivity (Wildman–Crippen MR) is 98.5 cm³/mol. The summed E-state index contributed by atoms with van der Waals surface area (Å²) in [6.07, 6.45) is 1.69. The highest BCUT2D eigenvalue weighted by atomic mass is 16.2. The molecule has 0 aliphatic heterocycles. The van der Waals surface area contributed by atoms with E-state index in [2.05, 4.69) is 41.6 Å². The van der Waals surface area contributed by atoms with Crippen molar-refractivity contribution in [3.63, 3.8) is 0 Å². The summed E-state index contributed by atoms with van der Waals surface area (Å²) >= 11 is 0. The molecule has 3 rings (SSSR count). The van der Waals surface area contributed by atoms with Crippen LogP contribution in [0.4, 0.5) is 11.4 Å². The van der Waals surface area contributed by atoms with Crippen molar-refractivity contribution in [2.75, 3.05) is 10.6 Å². The first-order valence-corrected chi connectivity index (χ1v) is 7.99. The summed E-state index contributed by atoms with van der Waals surface area (Å²) in [6, 6.07) is 12.7. The molecule has 0 aliphatic carbocycles. The number of anilines is 2. The second kappa shape index (κ2) is 6.39. The third kappa shape index (κ3) is 3.85. The Kier molecular flexibility index (Phi) is 4.27. The monoisotopic (exact) mass is 336 g/mol. The van der Waals surface area contributed by atoms with Crippen molar-refractivity contribution >= 4 is 34.1 Å². The lowest BCUT2D eigenvalue weighted by Crippen LogP contribution is -2.29. The number of rotatable bonds is 2. The van der Waals surface area contributed by atoms with Gasteiger partial charge in [-0.2, -0.15) is 5.10 Å². The molecule has 3 aromatic rings. The van der Waals surface area contributed by atoms with Crippen molar-refractivity contribution in [3.05, 3.63) is 54.2 Å². The summed E-state index contributed by atoms with van der Waals surface area (Å²) in [5.41, 5.74) is 3.08. The molecule has 0 bridgehead atoms. The summed E-state index contributed by atoms with van der Waals surface area (Å²) in [6.45, 7) is 6.35. The molecule has 0 aliphatic rings. The lowest BCUT2D eigenvalue weighted by Gasteiger charge is -2.19. The first-order valence-electron chi connectivity index (χ1n) is 7.99. The zero-order valence-electron chi connectivity index (χ0n) is 14.4. The van der Waals surface area contributed by atoms with Gasteiger partial charge in [0.2, 0.25) is 0 Å². The van der Waals surface area contributed by atoms with E-state index in [0.717, 1.165) is 16.5 Å². The van der Waals surface area contributed by atoms with Crippen LogP contribution in [0.3, 0.4) is 0 Å². The summed E-state index contributed by atoms with van der Waals surface area (Å²) in [5, 5.41) is 12.9. The molecule has 25 heavy (non-hydrogen) atoms. The molecule has 3 N–H and O–H groups in total. The van der Waals surface area contributed by atoms with Gasteiger partial charge in [0.15, 0.2) is 0 Å². The number of benzene rings is 2. The number of aromatic nitrogens is 2. The van der Waals surface area contributed by atoms with E-state index >= 15 is 0 Å². The average molecular weight is 336 g/mol. The fourth-order valence-corrected chi connectivity index (χ4v) is 2.44. The first-order chi connectivity index (χ1) is 11.8. The number of hydrogen-bond acceptors (Lipinski definition) is 3. The van der Waals surface area contributed by atoms with Gasteiger partial charge in [0.1, 0.15) is 0 Å². The normalized spacial score (nSPS) is 11.3. The van der Waals surface area contributed by atoms with Crippen LogP contribution in [0.15, 0.2) is 48.7 Å². The topological polar surface area (TPSA) is 86.9 Å². The van der Waals surface area contributed by atoms with Crippen LogP contribution in [0, 0.1) is 0 Å². The quantitative estimate of drug-likeness (QED) is 0.627. The molecule has 6 nitrogen and oxygen atoms in total. The number of aromatic amines is 1. The largest absolute Gasteiger partial charge is 0.318 e. The van der Waals surface area contributed by atoms with Gasteiger partial charge in [-0.15, -0.1) is 0 Å². The Morgan fingerprint density at radius 3 is 2.16 bits per heavy atom. The standard InChI is InChI=1S/C19H20N4O2/c1-19(2,3)13-5-8-14(9-6-13)21-17(24)18(25)22-15-7-4-12-11-20-23-16(12)10-15/h4-11H,1-3H3,(H,20,23)(H,21,24)(H,22,25). The summed E-state index contributed by atoms with van der Waals surface area (Å²) in [5.74, 6) is -1.44. The third-order valence-electron chi connectivity index (χ3n) is 3.91. The van der Waals surface area contributed by atoms with Crippen LogP contribution < -0.4 is 10.6 Å². The molecular formula is C19H20N4O2. The van der Waals surface area contributed by atoms with Gasteiger partial charge in [-0.3, -0.25) is 14.7 Å². The highest BCUT2D eigenvalue weighted by Gasteiger charge is 2.16. The van der Waals surface area contributed by atoms with Gasteiger partial charge >= 0.3 is 11.8 Å². The van der Waals surface area contributed by atoms with Crippen molar-refractivity contribution in [2.24, 2.45) is 0 Å². The number of carbonyl (C=O) groups is 2. The second-order valence-corrected chi connectivity index (χ2v) is 6.91. The maximum absolute atomic E-state index is 12.1. The van der Waals surface area contributed by atoms with Crippen LogP contribution in [-0.2, 0) is 15.0 Å². The Morgan fingerprint density at radius 1 is 0.920 bits per heavy atom. The lowest BCUT2D eigenvalue weighted by atomic mass is 9.87. The van der Waals surface area contributed by atoms with Gasteiger partial charge in [0, 0.05) is 16.8 Å². The van der Waals surface area contributed by atoms with Gasteiger partial charge in [0.05, 0.1) is 11.7 Å². The van der Waals surface area contributed by atoms with Crippen molar-refractivity contribution in [1.82, 2.24) is 10.2 Å². The molecular weight excluding hydrogens is 316 g/mol. The van der Waals surface area contributed by atoms with Gasteiger partial charge in [-0.05, 0) is 41.3 Å². The highest BCUT2D eigenvalue weighted by molar-refractivity contribution is 6.43. The Hall–Kier alpha value is -3.15. The summed E-state index contributed by atoms with van der Waals surface area (Å²) in [4.78, 5) is 24.1. The molecule has 2 amide bonds. The maximum atomic E-state index is 12.1. The van der Waals surface area contributed by atoms with Crippen LogP contribution in [-0.4, -0.2) is 22.0 Å². The zero-order chi connectivity index (χ0) is 18.0. The van der Waals surface area contributed by atoms with Crippen LogP contribution >= 0.6 is 0 Å². The van der Waals surface area contributed by atoms with E-state index in [1.165, 1.54) is 0 Å². The van der Waals surface area contributed by atoms with Crippen molar-refractivity contribution < 1.29 is 9.59 Å². The fraction of sp³-hybridized carbons (Fsp3) is 0.211. The summed E-state index contributed by atoms with van der Waals surface area (Å²) in [7, 11) is 0. The second-order valence-electron chi connectivity index (χ2n) is 6.91. The van der Waals surface area contributed by atoms with E-state index in [-0.39, 0.29) is 5.41 Å². The maximum Gasteiger partial charge on any atom is 0.314 e. The van der Waals surface area contributed by atoms with E-state index in [1.807, 2.05) is 18.2 Å². The minimum atomic E-state index is -0.723. The Labute approximate surface area is 145 Å². The number of carbonyl (C=O) groups excluding carboxylic acids is 2. The van der Waals surface area contributed by atoms with E-state index in [1.54, 1.807) is 30.5 Å². The molecule has 0 atom stereocenters. The Balaban J connectivity index is 1.65. The summed E-state index contributed by atoms with van der Waals surface area (Å²) < 4.78 is 0. The van der Waals surface area contributed by atoms with E-state index in [4.69, 9.17) is 0 Å². The molecule has 0 spiro atoms. The number of nitrogens with one attached hydrogen (secondary N) is 3. The van der Waals surface area contributed by atoms with Gasteiger partial charge < -0.3 is 10.6 Å². The Bertz CT molecular complexity index is 920. The molecule has 0 unspecified atom stereocenters. The molecule has 6 heteroatoms. The van der Waals surface area contributed by atoms with Crippen LogP contribution in [0.25, 0.3) is 10.9 Å². The highest BCUT2D eigenvalue weighted by Crippen LogP contribution is 2.23. The van der Waals surface area contributed by atoms with Crippen molar-refractivity contribution in [1.29, 1.82) is 0 Å². The number of nitrogens with zero attached hydrogens (tertiary/aromatic N) is 1. The van der Waals surface area contributed by atoms with Gasteiger partial charge in [-0.1, -0.05) is 32.9 Å². The van der Waals surface area contributed by atoms with Gasteiger partial charge in [-0.25, -0.2) is 0 Å². The minimum absolute atomic E-state index is 0.0330. The average Bonchev–Trinajstić information content (AvgIpc) is 3.02. The number of fused-ring (bicyclic) bond motifs is 1. The lowest BCUT2D eigenvalue weighted by molar-refractivity contribution is -0.132. The number of hydrogen-bond donors (Lipinski definition) is 3. The van der Waals surface area contributed by atoms with Crippen LogP contribution in [0.2, 0.25) is 0 Å². The van der Waals surface area contributed by atoms with E-state index in [0.29, 0.717) is 11.4 Å². The van der Waals surface area contributed by atoms with Gasteiger partial charge in [0.25, 0.3) is 0 Å². The SMILES string of the molecule is CC(C)(C)c1ccc(NC(=O)C(=O)Nc2ccc3cn[nH]c3c2)cc1. The molecule has 0 saturated carbocycles. The van der Waals surface area contributed by atoms with Crippen LogP contribution in [0.1, 0.15) is 26.3 Å². The van der Waals surface area contributed by atoms with E-state index < -0.39 is 11.8 Å². The molecule has 0 radical (unpaired) electrons. The Morgan fingerprint density at radius 2 is 1.52 bits per heavy atom. The molecule has 0 saturated heterocycles. The number of H-pyrrole nitrogens is 1. The zero-order valence-corrected chi connectivity index (χ0v) is 14.4.